The molecule has 2 saturated heterocycles. The van der Waals surface area contributed by atoms with Gasteiger partial charge in [-0.15, -0.1) is 0 Å². The lowest BCUT2D eigenvalue weighted by Crippen LogP contribution is -2.47. The molecule has 3 nitrogen and oxygen atoms in total. The summed E-state index contributed by atoms with van der Waals surface area (Å²) in [5.74, 6) is -0.130. The normalized spacial score (nSPS) is 37.9. The van der Waals surface area contributed by atoms with Crippen molar-refractivity contribution in [2.24, 2.45) is 0 Å². The summed E-state index contributed by atoms with van der Waals surface area (Å²) in [6.07, 6.45) is 4.40. The maximum Gasteiger partial charge on any atom is 0.339 e. The molecule has 1 unspecified atom stereocenters. The molecular formula is C15H17NO2. The van der Waals surface area contributed by atoms with Crippen LogP contribution < -0.4 is 0 Å². The van der Waals surface area contributed by atoms with Crippen molar-refractivity contribution in [3.8, 4) is 0 Å². The zero-order chi connectivity index (χ0) is 12.3. The molecule has 2 fully saturated rings. The molecule has 0 aliphatic carbocycles. The lowest BCUT2D eigenvalue weighted by atomic mass is 9.80. The summed E-state index contributed by atoms with van der Waals surface area (Å²) in [4.78, 5) is 14.5. The molecular weight excluding hydrogens is 226 g/mol. The van der Waals surface area contributed by atoms with Gasteiger partial charge in [0.1, 0.15) is 5.60 Å². The highest BCUT2D eigenvalue weighted by Crippen LogP contribution is 2.51. The second-order valence-corrected chi connectivity index (χ2v) is 5.89. The molecule has 0 radical (unpaired) electrons. The molecule has 0 N–H and O–H groups in total. The van der Waals surface area contributed by atoms with E-state index in [-0.39, 0.29) is 11.6 Å². The van der Waals surface area contributed by atoms with E-state index >= 15 is 0 Å². The molecule has 18 heavy (non-hydrogen) atoms. The molecule has 3 heteroatoms. The average molecular weight is 243 g/mol. The highest BCUT2D eigenvalue weighted by molar-refractivity contribution is 5.94. The fraction of sp³-hybridized carbons (Fsp3) is 0.533. The van der Waals surface area contributed by atoms with Crippen LogP contribution in [0.15, 0.2) is 24.3 Å². The smallest absolute Gasteiger partial charge is 0.339 e. The van der Waals surface area contributed by atoms with Crippen LogP contribution in [0.5, 0.6) is 0 Å². The Kier molecular flexibility index (Phi) is 1.97. The van der Waals surface area contributed by atoms with Gasteiger partial charge in [0, 0.05) is 30.5 Å². The lowest BCUT2D eigenvalue weighted by Gasteiger charge is -2.42. The maximum absolute atomic E-state index is 12.0. The molecule has 94 valence electrons. The van der Waals surface area contributed by atoms with Crippen molar-refractivity contribution in [2.75, 3.05) is 7.05 Å². The number of piperidine rings is 1. The number of carbonyl (C=O) groups excluding carboxylic acids is 1. The number of hydrogen-bond acceptors (Lipinski definition) is 3. The second kappa shape index (κ2) is 3.35. The third kappa shape index (κ3) is 1.20. The molecule has 0 saturated carbocycles. The number of rotatable bonds is 0. The van der Waals surface area contributed by atoms with Crippen molar-refractivity contribution in [1.29, 1.82) is 0 Å². The van der Waals surface area contributed by atoms with E-state index in [2.05, 4.69) is 18.0 Å². The Labute approximate surface area is 107 Å². The molecule has 3 aliphatic rings. The van der Waals surface area contributed by atoms with Crippen LogP contribution >= 0.6 is 0 Å². The maximum atomic E-state index is 12.0. The van der Waals surface area contributed by atoms with Crippen LogP contribution in [0.25, 0.3) is 0 Å². The zero-order valence-corrected chi connectivity index (χ0v) is 10.6. The summed E-state index contributed by atoms with van der Waals surface area (Å²) in [7, 11) is 2.21. The van der Waals surface area contributed by atoms with Crippen LogP contribution in [0.4, 0.5) is 0 Å². The summed E-state index contributed by atoms with van der Waals surface area (Å²) in [6.45, 7) is 0. The third-order valence-corrected chi connectivity index (χ3v) is 5.04. The van der Waals surface area contributed by atoms with E-state index in [4.69, 9.17) is 4.74 Å². The summed E-state index contributed by atoms with van der Waals surface area (Å²) in [5, 5.41) is 0. The Hall–Kier alpha value is -1.35. The quantitative estimate of drug-likeness (QED) is 0.655. The Bertz CT molecular complexity index is 511. The highest BCUT2D eigenvalue weighted by atomic mass is 16.6. The first-order valence-corrected chi connectivity index (χ1v) is 6.74. The van der Waals surface area contributed by atoms with E-state index in [1.165, 1.54) is 12.8 Å². The SMILES string of the molecule is CN1[C@@H]2CC[C@H]1CC1(C2)OC(=O)c2ccccc21. The van der Waals surface area contributed by atoms with Gasteiger partial charge in [-0.3, -0.25) is 0 Å². The molecule has 1 aromatic rings. The van der Waals surface area contributed by atoms with Gasteiger partial charge in [-0.05, 0) is 26.0 Å². The van der Waals surface area contributed by atoms with Gasteiger partial charge in [0.05, 0.1) is 5.56 Å². The van der Waals surface area contributed by atoms with Gasteiger partial charge in [0.15, 0.2) is 0 Å². The number of fused-ring (bicyclic) bond motifs is 4. The number of esters is 1. The van der Waals surface area contributed by atoms with Gasteiger partial charge in [-0.1, -0.05) is 18.2 Å². The first-order chi connectivity index (χ1) is 8.70. The average Bonchev–Trinajstić information content (AvgIpc) is 2.75. The van der Waals surface area contributed by atoms with E-state index in [0.717, 1.165) is 24.0 Å². The fourth-order valence-corrected chi connectivity index (χ4v) is 4.08. The van der Waals surface area contributed by atoms with E-state index in [1.807, 2.05) is 18.2 Å². The van der Waals surface area contributed by atoms with Crippen molar-refractivity contribution in [1.82, 2.24) is 4.90 Å². The third-order valence-electron chi connectivity index (χ3n) is 5.04. The second-order valence-electron chi connectivity index (χ2n) is 5.89. The molecule has 3 aliphatic heterocycles. The fourth-order valence-electron chi connectivity index (χ4n) is 4.08. The molecule has 2 bridgehead atoms. The van der Waals surface area contributed by atoms with Crippen molar-refractivity contribution < 1.29 is 9.53 Å². The summed E-state index contributed by atoms with van der Waals surface area (Å²) >= 11 is 0. The van der Waals surface area contributed by atoms with Crippen LogP contribution in [-0.2, 0) is 10.3 Å². The Morgan fingerprint density at radius 3 is 2.61 bits per heavy atom. The number of benzene rings is 1. The Morgan fingerprint density at radius 2 is 1.89 bits per heavy atom. The molecule has 3 atom stereocenters. The van der Waals surface area contributed by atoms with Crippen molar-refractivity contribution in [3.05, 3.63) is 35.4 Å². The number of nitrogens with zero attached hydrogens (tertiary/aromatic N) is 1. The Balaban J connectivity index is 1.81. The zero-order valence-electron chi connectivity index (χ0n) is 10.6. The lowest BCUT2D eigenvalue weighted by molar-refractivity contribution is -0.0594. The van der Waals surface area contributed by atoms with Crippen molar-refractivity contribution in [2.45, 2.75) is 43.4 Å². The number of hydrogen-bond donors (Lipinski definition) is 0. The summed E-state index contributed by atoms with van der Waals surface area (Å²) in [5.41, 5.74) is 1.58. The van der Waals surface area contributed by atoms with E-state index in [0.29, 0.717) is 12.1 Å². The predicted octanol–water partition coefficient (Wildman–Crippen LogP) is 2.31. The van der Waals surface area contributed by atoms with Crippen molar-refractivity contribution in [3.63, 3.8) is 0 Å². The molecule has 4 rings (SSSR count). The monoisotopic (exact) mass is 243 g/mol. The van der Waals surface area contributed by atoms with Gasteiger partial charge in [-0.25, -0.2) is 4.79 Å². The highest BCUT2D eigenvalue weighted by Gasteiger charge is 2.54. The summed E-state index contributed by atoms with van der Waals surface area (Å²) in [6, 6.07) is 9.05. The Morgan fingerprint density at radius 1 is 1.22 bits per heavy atom. The molecule has 0 amide bonds. The predicted molar refractivity (Wildman–Crippen MR) is 67.3 cm³/mol. The van der Waals surface area contributed by atoms with Crippen LogP contribution in [0, 0.1) is 0 Å². The molecule has 0 aromatic heterocycles. The first kappa shape index (κ1) is 10.6. The van der Waals surface area contributed by atoms with Crippen LogP contribution in [0.2, 0.25) is 0 Å². The number of carbonyl (C=O) groups is 1. The van der Waals surface area contributed by atoms with Gasteiger partial charge in [-0.2, -0.15) is 0 Å². The first-order valence-electron chi connectivity index (χ1n) is 6.74. The molecule has 1 spiro atoms. The van der Waals surface area contributed by atoms with Gasteiger partial charge in [0.25, 0.3) is 0 Å². The number of ether oxygens (including phenoxy) is 1. The minimum atomic E-state index is -0.327. The standard InChI is InChI=1S/C15H17NO2/c1-16-10-6-7-11(16)9-15(8-10)13-5-3-2-4-12(13)14(17)18-15/h2-5,10-11H,6-9H2,1H3/t10-,11+,15?. The van der Waals surface area contributed by atoms with Gasteiger partial charge >= 0.3 is 5.97 Å². The largest absolute Gasteiger partial charge is 0.450 e. The van der Waals surface area contributed by atoms with Crippen LogP contribution in [0.3, 0.4) is 0 Å². The topological polar surface area (TPSA) is 29.5 Å². The van der Waals surface area contributed by atoms with E-state index in [1.54, 1.807) is 0 Å². The minimum absolute atomic E-state index is 0.130. The van der Waals surface area contributed by atoms with Gasteiger partial charge < -0.3 is 9.64 Å². The van der Waals surface area contributed by atoms with Crippen molar-refractivity contribution >= 4 is 5.97 Å². The van der Waals surface area contributed by atoms with E-state index < -0.39 is 0 Å². The van der Waals surface area contributed by atoms with Crippen LogP contribution in [0.1, 0.15) is 41.6 Å². The van der Waals surface area contributed by atoms with E-state index in [9.17, 15) is 4.79 Å². The van der Waals surface area contributed by atoms with Gasteiger partial charge in [0.2, 0.25) is 0 Å². The molecule has 1 aromatic carbocycles. The molecule has 3 heterocycles. The van der Waals surface area contributed by atoms with Crippen LogP contribution in [-0.4, -0.2) is 30.0 Å². The minimum Gasteiger partial charge on any atom is -0.450 e. The summed E-state index contributed by atoms with van der Waals surface area (Å²) < 4.78 is 5.82.